The molecule has 0 aliphatic rings. The van der Waals surface area contributed by atoms with Crippen LogP contribution in [-0.2, 0) is 16.6 Å². The van der Waals surface area contributed by atoms with E-state index in [4.69, 9.17) is 0 Å². The first kappa shape index (κ1) is 15.5. The van der Waals surface area contributed by atoms with Crippen molar-refractivity contribution in [1.29, 1.82) is 0 Å². The molecule has 0 aliphatic carbocycles. The van der Waals surface area contributed by atoms with Gasteiger partial charge in [-0.05, 0) is 23.8 Å². The Labute approximate surface area is 134 Å². The van der Waals surface area contributed by atoms with Gasteiger partial charge in [-0.25, -0.2) is 8.42 Å². The molecule has 0 saturated carbocycles. The largest absolute Gasteiger partial charge is 0.360 e. The van der Waals surface area contributed by atoms with Crippen LogP contribution in [0, 0.1) is 0 Å². The Balaban J connectivity index is 1.97. The van der Waals surface area contributed by atoms with E-state index in [-0.39, 0.29) is 11.4 Å². The number of sulfonamides is 1. The summed E-state index contributed by atoms with van der Waals surface area (Å²) in [7, 11) is -2.08. The fraction of sp³-hybridized carbons (Fsp3) is 0.118. The molecule has 5 nitrogen and oxygen atoms in total. The second-order valence-corrected chi connectivity index (χ2v) is 7.36. The van der Waals surface area contributed by atoms with Crippen LogP contribution >= 0.6 is 0 Å². The van der Waals surface area contributed by atoms with Crippen molar-refractivity contribution in [2.24, 2.45) is 0 Å². The van der Waals surface area contributed by atoms with E-state index in [1.807, 2.05) is 30.3 Å². The molecule has 0 radical (unpaired) electrons. The summed E-state index contributed by atoms with van der Waals surface area (Å²) < 4.78 is 26.8. The maximum absolute atomic E-state index is 12.7. The highest BCUT2D eigenvalue weighted by Gasteiger charge is 2.21. The Morgan fingerprint density at radius 3 is 2.57 bits per heavy atom. The molecule has 0 bridgehead atoms. The van der Waals surface area contributed by atoms with Gasteiger partial charge in [0.25, 0.3) is 0 Å². The second-order valence-electron chi connectivity index (χ2n) is 5.32. The number of rotatable bonds is 5. The molecule has 0 amide bonds. The van der Waals surface area contributed by atoms with Crippen LogP contribution in [-0.4, -0.2) is 31.0 Å². The number of fused-ring (bicyclic) bond motifs is 1. The first-order valence-corrected chi connectivity index (χ1v) is 8.53. The van der Waals surface area contributed by atoms with Gasteiger partial charge < -0.3 is 4.98 Å². The van der Waals surface area contributed by atoms with Gasteiger partial charge in [0.2, 0.25) is 10.0 Å². The highest BCUT2D eigenvalue weighted by atomic mass is 32.2. The molecule has 0 fully saturated rings. The van der Waals surface area contributed by atoms with E-state index in [0.29, 0.717) is 17.2 Å². The topological polar surface area (TPSA) is 70.2 Å². The summed E-state index contributed by atoms with van der Waals surface area (Å²) in [6.07, 6.45) is 2.28. The fourth-order valence-electron chi connectivity index (χ4n) is 2.48. The second kappa shape index (κ2) is 5.98. The van der Waals surface area contributed by atoms with Gasteiger partial charge in [0, 0.05) is 36.3 Å². The molecule has 118 valence electrons. The van der Waals surface area contributed by atoms with Crippen LogP contribution in [0.25, 0.3) is 10.9 Å². The van der Waals surface area contributed by atoms with E-state index in [1.54, 1.807) is 25.4 Å². The van der Waals surface area contributed by atoms with Gasteiger partial charge in [0.15, 0.2) is 6.29 Å². The van der Waals surface area contributed by atoms with Crippen molar-refractivity contribution in [3.05, 3.63) is 65.9 Å². The molecule has 2 aromatic carbocycles. The van der Waals surface area contributed by atoms with Crippen LogP contribution in [0.1, 0.15) is 15.9 Å². The molecule has 0 atom stereocenters. The van der Waals surface area contributed by atoms with Crippen LogP contribution in [0.5, 0.6) is 0 Å². The smallest absolute Gasteiger partial charge is 0.243 e. The van der Waals surface area contributed by atoms with Crippen molar-refractivity contribution in [2.45, 2.75) is 11.4 Å². The minimum atomic E-state index is -3.63. The van der Waals surface area contributed by atoms with Crippen LogP contribution < -0.4 is 0 Å². The Morgan fingerprint density at radius 1 is 1.13 bits per heavy atom. The number of hydrogen-bond donors (Lipinski definition) is 1. The summed E-state index contributed by atoms with van der Waals surface area (Å²) >= 11 is 0. The summed E-state index contributed by atoms with van der Waals surface area (Å²) in [6.45, 7) is 0.287. The van der Waals surface area contributed by atoms with Gasteiger partial charge in [-0.2, -0.15) is 4.31 Å². The van der Waals surface area contributed by atoms with Gasteiger partial charge in [0.05, 0.1) is 4.90 Å². The SMILES string of the molecule is CN(Cc1ccccc1)S(=O)(=O)c1ccc2[nH]cc(C=O)c2c1. The van der Waals surface area contributed by atoms with E-state index in [2.05, 4.69) is 4.98 Å². The zero-order valence-corrected chi connectivity index (χ0v) is 13.4. The zero-order valence-electron chi connectivity index (χ0n) is 12.6. The number of aromatic amines is 1. The standard InChI is InChI=1S/C17H16N2O3S/c1-19(11-13-5-3-2-4-6-13)23(21,22)15-7-8-17-16(9-15)14(12-20)10-18-17/h2-10,12,18H,11H2,1H3. The monoisotopic (exact) mass is 328 g/mol. The number of hydrogen-bond acceptors (Lipinski definition) is 3. The molecule has 23 heavy (non-hydrogen) atoms. The maximum atomic E-state index is 12.7. The third-order valence-electron chi connectivity index (χ3n) is 3.77. The highest BCUT2D eigenvalue weighted by molar-refractivity contribution is 7.89. The van der Waals surface area contributed by atoms with E-state index in [1.165, 1.54) is 10.4 Å². The lowest BCUT2D eigenvalue weighted by atomic mass is 10.2. The third-order valence-corrected chi connectivity index (χ3v) is 5.57. The number of nitrogens with zero attached hydrogens (tertiary/aromatic N) is 1. The van der Waals surface area contributed by atoms with Gasteiger partial charge in [0.1, 0.15) is 0 Å². The first-order chi connectivity index (χ1) is 11.0. The number of H-pyrrole nitrogens is 1. The van der Waals surface area contributed by atoms with Gasteiger partial charge in [-0.1, -0.05) is 30.3 Å². The predicted octanol–water partition coefficient (Wildman–Crippen LogP) is 2.80. The molecule has 3 rings (SSSR count). The maximum Gasteiger partial charge on any atom is 0.243 e. The number of aldehydes is 1. The molecule has 0 unspecified atom stereocenters. The number of carbonyl (C=O) groups excluding carboxylic acids is 1. The summed E-state index contributed by atoms with van der Waals surface area (Å²) in [5.41, 5.74) is 2.09. The molecule has 1 N–H and O–H groups in total. The number of carbonyl (C=O) groups is 1. The minimum absolute atomic E-state index is 0.172. The normalized spacial score (nSPS) is 11.9. The predicted molar refractivity (Wildman–Crippen MR) is 88.8 cm³/mol. The molecule has 1 aromatic heterocycles. The Kier molecular flexibility index (Phi) is 4.02. The Morgan fingerprint density at radius 2 is 1.87 bits per heavy atom. The Bertz CT molecular complexity index is 946. The van der Waals surface area contributed by atoms with Crippen LogP contribution in [0.2, 0.25) is 0 Å². The number of nitrogens with one attached hydrogen (secondary N) is 1. The van der Waals surface area contributed by atoms with Crippen molar-refractivity contribution in [3.63, 3.8) is 0 Å². The zero-order chi connectivity index (χ0) is 16.4. The third kappa shape index (κ3) is 2.91. The fourth-order valence-corrected chi connectivity index (χ4v) is 3.67. The lowest BCUT2D eigenvalue weighted by Crippen LogP contribution is -2.26. The van der Waals surface area contributed by atoms with Crippen molar-refractivity contribution in [2.75, 3.05) is 7.05 Å². The highest BCUT2D eigenvalue weighted by Crippen LogP contribution is 2.23. The molecule has 6 heteroatoms. The molecule has 1 heterocycles. The Hall–Kier alpha value is -2.44. The van der Waals surface area contributed by atoms with Crippen molar-refractivity contribution in [3.8, 4) is 0 Å². The molecular formula is C17H16N2O3S. The first-order valence-electron chi connectivity index (χ1n) is 7.09. The molecule has 0 aliphatic heterocycles. The van der Waals surface area contributed by atoms with Crippen LogP contribution in [0.4, 0.5) is 0 Å². The van der Waals surface area contributed by atoms with Crippen molar-refractivity contribution < 1.29 is 13.2 Å². The van der Waals surface area contributed by atoms with E-state index >= 15 is 0 Å². The molecule has 3 aromatic rings. The molecular weight excluding hydrogens is 312 g/mol. The average Bonchev–Trinajstić information content (AvgIpc) is 2.98. The lowest BCUT2D eigenvalue weighted by Gasteiger charge is -2.17. The van der Waals surface area contributed by atoms with Crippen LogP contribution in [0.3, 0.4) is 0 Å². The lowest BCUT2D eigenvalue weighted by molar-refractivity contribution is 0.112. The van der Waals surface area contributed by atoms with Gasteiger partial charge >= 0.3 is 0 Å². The van der Waals surface area contributed by atoms with Crippen LogP contribution in [0.15, 0.2) is 59.6 Å². The van der Waals surface area contributed by atoms with Crippen molar-refractivity contribution in [1.82, 2.24) is 9.29 Å². The number of benzene rings is 2. The molecule has 0 saturated heterocycles. The van der Waals surface area contributed by atoms with E-state index in [9.17, 15) is 13.2 Å². The summed E-state index contributed by atoms with van der Waals surface area (Å²) in [6, 6.07) is 14.1. The summed E-state index contributed by atoms with van der Waals surface area (Å²) in [5.74, 6) is 0. The minimum Gasteiger partial charge on any atom is -0.360 e. The van der Waals surface area contributed by atoms with Gasteiger partial charge in [-0.15, -0.1) is 0 Å². The van der Waals surface area contributed by atoms with Crippen molar-refractivity contribution >= 4 is 27.2 Å². The van der Waals surface area contributed by atoms with E-state index < -0.39 is 10.0 Å². The number of aromatic nitrogens is 1. The van der Waals surface area contributed by atoms with E-state index in [0.717, 1.165) is 11.1 Å². The quantitative estimate of drug-likeness (QED) is 0.732. The average molecular weight is 328 g/mol. The van der Waals surface area contributed by atoms with Gasteiger partial charge in [-0.3, -0.25) is 4.79 Å². The summed E-state index contributed by atoms with van der Waals surface area (Å²) in [5, 5.41) is 0.606. The summed E-state index contributed by atoms with van der Waals surface area (Å²) in [4.78, 5) is 14.2. The molecule has 0 spiro atoms.